The molecule has 2 N–H and O–H groups in total. The second kappa shape index (κ2) is 9.86. The molecule has 170 valence electrons. The fraction of sp³-hybridized carbons (Fsp3) is 0.619. The molecule has 0 aliphatic carbocycles. The summed E-state index contributed by atoms with van der Waals surface area (Å²) in [6.07, 6.45) is 7.63. The Balaban J connectivity index is 0.00000272. The molecule has 1 fully saturated rings. The second-order valence-corrected chi connectivity index (χ2v) is 8.53. The molecule has 0 aromatic carbocycles. The van der Waals surface area contributed by atoms with E-state index in [2.05, 4.69) is 25.7 Å². The van der Waals surface area contributed by atoms with E-state index >= 15 is 0 Å². The highest BCUT2D eigenvalue weighted by atomic mass is 32.1. The zero-order chi connectivity index (χ0) is 21.3. The summed E-state index contributed by atoms with van der Waals surface area (Å²) in [4.78, 5) is 23.6. The Morgan fingerprint density at radius 2 is 2.13 bits per heavy atom. The third-order valence-corrected chi connectivity index (χ3v) is 5.77. The molecule has 1 saturated heterocycles. The normalized spacial score (nSPS) is 20.8. The van der Waals surface area contributed by atoms with Gasteiger partial charge in [-0.25, -0.2) is 4.98 Å². The van der Waals surface area contributed by atoms with Crippen LogP contribution in [-0.2, 0) is 22.6 Å². The molecular weight excluding hydrogens is 414 g/mol. The number of anilines is 3. The maximum Gasteiger partial charge on any atom is 0.247 e. The van der Waals surface area contributed by atoms with E-state index in [0.717, 1.165) is 43.1 Å². The molecule has 2 aliphatic heterocycles. The Morgan fingerprint density at radius 3 is 2.84 bits per heavy atom. The minimum atomic E-state index is -0.250. The molecule has 9 nitrogen and oxygen atoms in total. The first kappa shape index (κ1) is 23.3. The van der Waals surface area contributed by atoms with Crippen molar-refractivity contribution in [3.63, 3.8) is 0 Å². The first-order valence-electron chi connectivity index (χ1n) is 10.7. The van der Waals surface area contributed by atoms with E-state index in [4.69, 9.17) is 4.74 Å². The van der Waals surface area contributed by atoms with E-state index in [9.17, 15) is 4.79 Å². The van der Waals surface area contributed by atoms with Gasteiger partial charge in [-0.3, -0.25) is 9.48 Å². The third kappa shape index (κ3) is 5.12. The molecule has 10 heteroatoms. The zero-order valence-corrected chi connectivity index (χ0v) is 19.7. The second-order valence-electron chi connectivity index (χ2n) is 8.53. The molecule has 2 aromatic rings. The number of amides is 1. The van der Waals surface area contributed by atoms with Crippen molar-refractivity contribution in [2.75, 3.05) is 29.2 Å². The van der Waals surface area contributed by atoms with Crippen LogP contribution in [-0.4, -0.2) is 51.5 Å². The summed E-state index contributed by atoms with van der Waals surface area (Å²) in [5, 5.41) is 10.7. The van der Waals surface area contributed by atoms with E-state index in [0.29, 0.717) is 18.2 Å². The van der Waals surface area contributed by atoms with Crippen molar-refractivity contribution in [3.8, 4) is 0 Å². The highest BCUT2D eigenvalue weighted by Gasteiger charge is 2.35. The predicted molar refractivity (Wildman–Crippen MR) is 126 cm³/mol. The summed E-state index contributed by atoms with van der Waals surface area (Å²) in [6, 6.07) is -0.250. The lowest BCUT2D eigenvalue weighted by atomic mass is 9.99. The molecule has 2 aliphatic rings. The van der Waals surface area contributed by atoms with Crippen LogP contribution in [0.5, 0.6) is 0 Å². The SMILES string of the molecule is Cc1nc(NCc2cnn(CC3CCCCO3)c2)nc2c1NC(=O)[C@H](C(C)C)N2C.S. The monoisotopic (exact) mass is 447 g/mol. The van der Waals surface area contributed by atoms with Gasteiger partial charge in [0.1, 0.15) is 11.7 Å². The Morgan fingerprint density at radius 1 is 1.32 bits per heavy atom. The van der Waals surface area contributed by atoms with E-state index in [-0.39, 0.29) is 37.5 Å². The minimum absolute atomic E-state index is 0. The van der Waals surface area contributed by atoms with Gasteiger partial charge in [-0.05, 0) is 32.1 Å². The van der Waals surface area contributed by atoms with Crippen molar-refractivity contribution in [2.45, 2.75) is 65.3 Å². The zero-order valence-electron chi connectivity index (χ0n) is 18.7. The van der Waals surface area contributed by atoms with Crippen molar-refractivity contribution in [1.29, 1.82) is 0 Å². The van der Waals surface area contributed by atoms with Gasteiger partial charge >= 0.3 is 0 Å². The van der Waals surface area contributed by atoms with Gasteiger partial charge < -0.3 is 20.3 Å². The smallest absolute Gasteiger partial charge is 0.247 e. The fourth-order valence-corrected chi connectivity index (χ4v) is 4.23. The molecule has 0 saturated carbocycles. The lowest BCUT2D eigenvalue weighted by Crippen LogP contribution is -2.49. The van der Waals surface area contributed by atoms with Gasteiger partial charge in [0.15, 0.2) is 5.82 Å². The van der Waals surface area contributed by atoms with Crippen LogP contribution in [0, 0.1) is 12.8 Å². The van der Waals surface area contributed by atoms with Gasteiger partial charge in [0.2, 0.25) is 11.9 Å². The largest absolute Gasteiger partial charge is 0.376 e. The number of aryl methyl sites for hydroxylation is 1. The highest BCUT2D eigenvalue weighted by Crippen LogP contribution is 2.34. The number of likely N-dealkylation sites (N-methyl/N-ethyl adjacent to an activating group) is 1. The van der Waals surface area contributed by atoms with Crippen molar-refractivity contribution in [3.05, 3.63) is 23.7 Å². The molecular formula is C21H33N7O2S. The Bertz CT molecular complexity index is 911. The number of fused-ring (bicyclic) bond motifs is 1. The summed E-state index contributed by atoms with van der Waals surface area (Å²) in [7, 11) is 1.91. The van der Waals surface area contributed by atoms with Gasteiger partial charge in [0.05, 0.1) is 24.5 Å². The van der Waals surface area contributed by atoms with Crippen LogP contribution < -0.4 is 15.5 Å². The number of aromatic nitrogens is 4. The molecule has 31 heavy (non-hydrogen) atoms. The summed E-state index contributed by atoms with van der Waals surface area (Å²) >= 11 is 0. The van der Waals surface area contributed by atoms with Crippen LogP contribution in [0.2, 0.25) is 0 Å². The van der Waals surface area contributed by atoms with Crippen molar-refractivity contribution < 1.29 is 9.53 Å². The Labute approximate surface area is 190 Å². The summed E-state index contributed by atoms with van der Waals surface area (Å²) in [6.45, 7) is 8.17. The quantitative estimate of drug-likeness (QED) is 0.703. The summed E-state index contributed by atoms with van der Waals surface area (Å²) in [5.41, 5.74) is 2.49. The molecule has 4 rings (SSSR count). The molecule has 0 radical (unpaired) electrons. The maximum atomic E-state index is 12.5. The van der Waals surface area contributed by atoms with Crippen molar-refractivity contribution in [2.24, 2.45) is 5.92 Å². The van der Waals surface area contributed by atoms with Crippen LogP contribution in [0.25, 0.3) is 0 Å². The number of carbonyl (C=O) groups is 1. The molecule has 1 unspecified atom stereocenters. The van der Waals surface area contributed by atoms with Crippen molar-refractivity contribution >= 4 is 36.9 Å². The number of nitrogens with zero attached hydrogens (tertiary/aromatic N) is 5. The molecule has 2 aromatic heterocycles. The number of hydrogen-bond donors (Lipinski definition) is 2. The lowest BCUT2D eigenvalue weighted by molar-refractivity contribution is -0.118. The summed E-state index contributed by atoms with van der Waals surface area (Å²) in [5.74, 6) is 1.45. The molecule has 2 atom stereocenters. The average Bonchev–Trinajstić information content (AvgIpc) is 3.15. The topological polar surface area (TPSA) is 97.2 Å². The average molecular weight is 448 g/mol. The molecule has 0 bridgehead atoms. The van der Waals surface area contributed by atoms with Gasteiger partial charge in [-0.1, -0.05) is 13.8 Å². The van der Waals surface area contributed by atoms with Gasteiger partial charge in [-0.2, -0.15) is 23.6 Å². The van der Waals surface area contributed by atoms with Gasteiger partial charge in [0, 0.05) is 32.0 Å². The van der Waals surface area contributed by atoms with Crippen molar-refractivity contribution in [1.82, 2.24) is 19.7 Å². The first-order chi connectivity index (χ1) is 14.4. The molecule has 0 spiro atoms. The number of nitrogens with one attached hydrogen (secondary N) is 2. The number of rotatable bonds is 6. The molecule has 4 heterocycles. The van der Waals surface area contributed by atoms with Crippen LogP contribution in [0.1, 0.15) is 44.4 Å². The molecule has 1 amide bonds. The van der Waals surface area contributed by atoms with Crippen LogP contribution >= 0.6 is 13.5 Å². The Kier molecular flexibility index (Phi) is 7.42. The van der Waals surface area contributed by atoms with Gasteiger partial charge in [0.25, 0.3) is 0 Å². The lowest BCUT2D eigenvalue weighted by Gasteiger charge is -2.36. The maximum absolute atomic E-state index is 12.5. The number of ether oxygens (including phenoxy) is 1. The van der Waals surface area contributed by atoms with Crippen LogP contribution in [0.4, 0.5) is 17.5 Å². The van der Waals surface area contributed by atoms with Gasteiger partial charge in [-0.15, -0.1) is 0 Å². The number of hydrogen-bond acceptors (Lipinski definition) is 7. The van der Waals surface area contributed by atoms with Crippen LogP contribution in [0.15, 0.2) is 12.4 Å². The first-order valence-corrected chi connectivity index (χ1v) is 10.7. The standard InChI is InChI=1S/C21H31N7O2.H2S/c1-13(2)18-20(29)25-17-14(3)24-21(26-19(17)27(18)4)22-9-15-10-23-28(11-15)12-16-7-5-6-8-30-16;/h10-11,13,16,18H,5-9,12H2,1-4H3,(H,25,29)(H,22,24,26);1H2/t16?,18-;/m0./s1. The van der Waals surface area contributed by atoms with E-state index in [1.54, 1.807) is 0 Å². The Hall–Kier alpha value is -2.33. The predicted octanol–water partition coefficient (Wildman–Crippen LogP) is 2.69. The number of carbonyl (C=O) groups excluding carboxylic acids is 1. The van der Waals surface area contributed by atoms with E-state index in [1.807, 2.05) is 49.8 Å². The highest BCUT2D eigenvalue weighted by molar-refractivity contribution is 7.59. The van der Waals surface area contributed by atoms with E-state index in [1.165, 1.54) is 6.42 Å². The third-order valence-electron chi connectivity index (χ3n) is 5.77. The van der Waals surface area contributed by atoms with E-state index < -0.39 is 0 Å². The minimum Gasteiger partial charge on any atom is -0.376 e. The van der Waals surface area contributed by atoms with Crippen LogP contribution in [0.3, 0.4) is 0 Å². The fourth-order valence-electron chi connectivity index (χ4n) is 4.23. The summed E-state index contributed by atoms with van der Waals surface area (Å²) < 4.78 is 7.75.